The molecule has 0 aliphatic heterocycles. The lowest BCUT2D eigenvalue weighted by Gasteiger charge is -2.10. The van der Waals surface area contributed by atoms with Gasteiger partial charge in [-0.3, -0.25) is 0 Å². The van der Waals surface area contributed by atoms with Gasteiger partial charge in [0.25, 0.3) is 0 Å². The van der Waals surface area contributed by atoms with E-state index in [0.717, 1.165) is 5.75 Å². The molecule has 5 heteroatoms. The van der Waals surface area contributed by atoms with E-state index in [-0.39, 0.29) is 4.47 Å². The van der Waals surface area contributed by atoms with Crippen molar-refractivity contribution in [3.8, 4) is 0 Å². The molecule has 0 amide bonds. The number of benzene rings is 1. The van der Waals surface area contributed by atoms with Gasteiger partial charge in [0.15, 0.2) is 0 Å². The summed E-state index contributed by atoms with van der Waals surface area (Å²) in [6, 6.07) is 4.36. The second-order valence-electron chi connectivity index (χ2n) is 2.95. The van der Waals surface area contributed by atoms with E-state index in [9.17, 15) is 13.2 Å². The molecule has 0 bridgehead atoms. The summed E-state index contributed by atoms with van der Waals surface area (Å²) in [6.07, 6.45) is -4.29. The molecule has 0 atom stereocenters. The highest BCUT2D eigenvalue weighted by molar-refractivity contribution is 9.10. The summed E-state index contributed by atoms with van der Waals surface area (Å²) in [6.45, 7) is 1.98. The van der Waals surface area contributed by atoms with E-state index >= 15 is 0 Å². The first-order valence-electron chi connectivity index (χ1n) is 4.38. The summed E-state index contributed by atoms with van der Waals surface area (Å²) in [7, 11) is 0. The normalized spacial score (nSPS) is 11.8. The molecule has 0 fully saturated rings. The van der Waals surface area contributed by atoms with Gasteiger partial charge in [0.1, 0.15) is 0 Å². The lowest BCUT2D eigenvalue weighted by atomic mass is 10.1. The predicted octanol–water partition coefficient (Wildman–Crippen LogP) is 4.72. The standard InChI is InChI=1S/C10H10BrF3S/c1-2-15-6-7-3-4-9(11)8(5-7)10(12,13)14/h3-5H,2,6H2,1H3. The molecule has 1 rings (SSSR count). The monoisotopic (exact) mass is 298 g/mol. The fraction of sp³-hybridized carbons (Fsp3) is 0.400. The second kappa shape index (κ2) is 5.25. The van der Waals surface area contributed by atoms with Crippen molar-refractivity contribution in [3.63, 3.8) is 0 Å². The number of alkyl halides is 3. The highest BCUT2D eigenvalue weighted by Crippen LogP contribution is 2.35. The van der Waals surface area contributed by atoms with Crippen LogP contribution in [-0.2, 0) is 11.9 Å². The quantitative estimate of drug-likeness (QED) is 0.778. The zero-order valence-corrected chi connectivity index (χ0v) is 10.5. The van der Waals surface area contributed by atoms with Crippen LogP contribution in [0.25, 0.3) is 0 Å². The Kier molecular flexibility index (Phi) is 4.52. The maximum absolute atomic E-state index is 12.5. The summed E-state index contributed by atoms with van der Waals surface area (Å²) in [5, 5.41) is 0. The molecule has 0 unspecified atom stereocenters. The van der Waals surface area contributed by atoms with Gasteiger partial charge in [0, 0.05) is 10.2 Å². The van der Waals surface area contributed by atoms with Gasteiger partial charge in [-0.25, -0.2) is 0 Å². The molecule has 0 aliphatic rings. The van der Waals surface area contributed by atoms with Crippen molar-refractivity contribution in [2.45, 2.75) is 18.9 Å². The van der Waals surface area contributed by atoms with E-state index in [1.54, 1.807) is 17.8 Å². The van der Waals surface area contributed by atoms with Crippen LogP contribution >= 0.6 is 27.7 Å². The van der Waals surface area contributed by atoms with Crippen LogP contribution in [0, 0.1) is 0 Å². The molecule has 0 aliphatic carbocycles. The van der Waals surface area contributed by atoms with E-state index in [0.29, 0.717) is 11.3 Å². The van der Waals surface area contributed by atoms with Crippen LogP contribution in [0.4, 0.5) is 13.2 Å². The summed E-state index contributed by atoms with van der Waals surface area (Å²) < 4.78 is 37.6. The fourth-order valence-corrected chi connectivity index (χ4v) is 2.19. The van der Waals surface area contributed by atoms with E-state index < -0.39 is 11.7 Å². The van der Waals surface area contributed by atoms with E-state index in [4.69, 9.17) is 0 Å². The Bertz CT molecular complexity index is 336. The molecule has 84 valence electrons. The summed E-state index contributed by atoms with van der Waals surface area (Å²) in [5.41, 5.74) is 0.106. The number of thioether (sulfide) groups is 1. The molecular weight excluding hydrogens is 289 g/mol. The Morgan fingerprint density at radius 2 is 2.00 bits per heavy atom. The van der Waals surface area contributed by atoms with Crippen molar-refractivity contribution in [2.75, 3.05) is 5.75 Å². The van der Waals surface area contributed by atoms with Crippen LogP contribution in [-0.4, -0.2) is 5.75 Å². The van der Waals surface area contributed by atoms with Crippen molar-refractivity contribution in [3.05, 3.63) is 33.8 Å². The lowest BCUT2D eigenvalue weighted by molar-refractivity contribution is -0.138. The highest BCUT2D eigenvalue weighted by Gasteiger charge is 2.32. The summed E-state index contributed by atoms with van der Waals surface area (Å²) in [4.78, 5) is 0. The largest absolute Gasteiger partial charge is 0.417 e. The third kappa shape index (κ3) is 3.72. The molecule has 1 aromatic carbocycles. The Morgan fingerprint density at radius 1 is 1.33 bits per heavy atom. The van der Waals surface area contributed by atoms with Gasteiger partial charge < -0.3 is 0 Å². The second-order valence-corrected chi connectivity index (χ2v) is 5.08. The molecule has 0 N–H and O–H groups in total. The maximum atomic E-state index is 12.5. The third-order valence-electron chi connectivity index (χ3n) is 1.81. The molecule has 0 spiro atoms. The zero-order valence-electron chi connectivity index (χ0n) is 8.07. The van der Waals surface area contributed by atoms with E-state index in [2.05, 4.69) is 15.9 Å². The van der Waals surface area contributed by atoms with Crippen molar-refractivity contribution in [1.82, 2.24) is 0 Å². The van der Waals surface area contributed by atoms with Crippen LogP contribution < -0.4 is 0 Å². The Hall–Kier alpha value is -0.160. The van der Waals surface area contributed by atoms with E-state index in [1.807, 2.05) is 6.92 Å². The first-order valence-corrected chi connectivity index (χ1v) is 6.33. The SMILES string of the molecule is CCSCc1ccc(Br)c(C(F)(F)F)c1. The minimum absolute atomic E-state index is 0.0975. The van der Waals surface area contributed by atoms with Gasteiger partial charge in [0.2, 0.25) is 0 Å². The molecule has 0 radical (unpaired) electrons. The first-order chi connectivity index (χ1) is 6.95. The molecule has 1 aromatic rings. The van der Waals surface area contributed by atoms with Crippen LogP contribution in [0.1, 0.15) is 18.1 Å². The third-order valence-corrected chi connectivity index (χ3v) is 3.45. The fourth-order valence-electron chi connectivity index (χ4n) is 1.10. The van der Waals surface area contributed by atoms with Crippen molar-refractivity contribution in [2.24, 2.45) is 0 Å². The molecule has 0 nitrogen and oxygen atoms in total. The van der Waals surface area contributed by atoms with Crippen LogP contribution in [0.3, 0.4) is 0 Å². The summed E-state index contributed by atoms with van der Waals surface area (Å²) >= 11 is 4.51. The molecule has 0 saturated carbocycles. The minimum atomic E-state index is -4.29. The first kappa shape index (κ1) is 12.9. The zero-order chi connectivity index (χ0) is 11.5. The topological polar surface area (TPSA) is 0 Å². The van der Waals surface area contributed by atoms with Crippen molar-refractivity contribution in [1.29, 1.82) is 0 Å². The van der Waals surface area contributed by atoms with Gasteiger partial charge in [-0.15, -0.1) is 0 Å². The molecule has 15 heavy (non-hydrogen) atoms. The Morgan fingerprint density at radius 3 is 2.53 bits per heavy atom. The molecule has 0 aromatic heterocycles. The average Bonchev–Trinajstić information content (AvgIpc) is 2.15. The van der Waals surface area contributed by atoms with Gasteiger partial charge in [-0.05, 0) is 23.4 Å². The number of halogens is 4. The molecule has 0 saturated heterocycles. The van der Waals surface area contributed by atoms with Crippen LogP contribution in [0.2, 0.25) is 0 Å². The number of hydrogen-bond donors (Lipinski definition) is 0. The predicted molar refractivity (Wildman–Crippen MR) is 61.0 cm³/mol. The number of hydrogen-bond acceptors (Lipinski definition) is 1. The molecular formula is C10H10BrF3S. The Labute approximate surface area is 99.4 Å². The number of rotatable bonds is 3. The maximum Gasteiger partial charge on any atom is 0.417 e. The van der Waals surface area contributed by atoms with Gasteiger partial charge in [-0.1, -0.05) is 28.9 Å². The smallest absolute Gasteiger partial charge is 0.166 e. The Balaban J connectivity index is 2.95. The average molecular weight is 299 g/mol. The summed E-state index contributed by atoms with van der Waals surface area (Å²) in [5.74, 6) is 1.52. The van der Waals surface area contributed by atoms with Gasteiger partial charge in [0.05, 0.1) is 5.56 Å². The van der Waals surface area contributed by atoms with Crippen molar-refractivity contribution < 1.29 is 13.2 Å². The molecule has 0 heterocycles. The highest BCUT2D eigenvalue weighted by atomic mass is 79.9. The van der Waals surface area contributed by atoms with Crippen molar-refractivity contribution >= 4 is 27.7 Å². The van der Waals surface area contributed by atoms with Gasteiger partial charge >= 0.3 is 6.18 Å². The minimum Gasteiger partial charge on any atom is -0.166 e. The van der Waals surface area contributed by atoms with E-state index in [1.165, 1.54) is 12.1 Å². The van der Waals surface area contributed by atoms with Gasteiger partial charge in [-0.2, -0.15) is 24.9 Å². The van der Waals surface area contributed by atoms with Crippen LogP contribution in [0.5, 0.6) is 0 Å². The lowest BCUT2D eigenvalue weighted by Crippen LogP contribution is -2.06. The van der Waals surface area contributed by atoms with Crippen LogP contribution in [0.15, 0.2) is 22.7 Å².